The van der Waals surface area contributed by atoms with Gasteiger partial charge in [-0.2, -0.15) is 18.3 Å². The second-order valence-corrected chi connectivity index (χ2v) is 8.43. The summed E-state index contributed by atoms with van der Waals surface area (Å²) in [4.78, 5) is 11.2. The number of halogens is 5. The van der Waals surface area contributed by atoms with Gasteiger partial charge in [-0.3, -0.25) is 0 Å². The van der Waals surface area contributed by atoms with Crippen LogP contribution in [-0.4, -0.2) is 21.4 Å². The van der Waals surface area contributed by atoms with E-state index in [4.69, 9.17) is 27.9 Å². The highest BCUT2D eigenvalue weighted by Crippen LogP contribution is 2.35. The summed E-state index contributed by atoms with van der Waals surface area (Å²) in [5, 5.41) is 16.4. The highest BCUT2D eigenvalue weighted by atomic mass is 35.5. The van der Waals surface area contributed by atoms with Gasteiger partial charge in [0.05, 0.1) is 40.2 Å². The van der Waals surface area contributed by atoms with Gasteiger partial charge in [-0.05, 0) is 51.1 Å². The number of carbonyl (C=O) groups is 1. The van der Waals surface area contributed by atoms with Crippen LogP contribution in [-0.2, 0) is 22.3 Å². The molecule has 0 atom stereocenters. The zero-order chi connectivity index (χ0) is 23.8. The summed E-state index contributed by atoms with van der Waals surface area (Å²) in [5.74, 6) is -1.39. The zero-order valence-corrected chi connectivity index (χ0v) is 18.8. The van der Waals surface area contributed by atoms with Crippen molar-refractivity contribution in [1.82, 2.24) is 9.78 Å². The van der Waals surface area contributed by atoms with Crippen molar-refractivity contribution in [1.29, 1.82) is 0 Å². The third-order valence-corrected chi connectivity index (χ3v) is 5.44. The Balaban J connectivity index is 2.13. The smallest absolute Gasteiger partial charge is 0.416 e. The molecule has 2 aromatic carbocycles. The maximum Gasteiger partial charge on any atom is 0.416 e. The van der Waals surface area contributed by atoms with E-state index >= 15 is 0 Å². The van der Waals surface area contributed by atoms with E-state index in [1.165, 1.54) is 36.7 Å². The average molecular weight is 486 g/mol. The number of rotatable bonds is 6. The second-order valence-electron chi connectivity index (χ2n) is 7.59. The van der Waals surface area contributed by atoms with Gasteiger partial charge in [0.25, 0.3) is 0 Å². The normalized spacial score (nSPS) is 12.2. The fraction of sp³-hybridized carbons (Fsp3) is 0.273. The van der Waals surface area contributed by atoms with Gasteiger partial charge in [0.15, 0.2) is 0 Å². The van der Waals surface area contributed by atoms with Gasteiger partial charge < -0.3 is 14.6 Å². The van der Waals surface area contributed by atoms with E-state index in [0.717, 1.165) is 12.1 Å². The van der Waals surface area contributed by atoms with Crippen molar-refractivity contribution in [2.45, 2.75) is 39.2 Å². The van der Waals surface area contributed by atoms with E-state index in [1.807, 2.05) is 0 Å². The summed E-state index contributed by atoms with van der Waals surface area (Å²) >= 11 is 12.3. The van der Waals surface area contributed by atoms with E-state index in [9.17, 15) is 23.1 Å². The zero-order valence-electron chi connectivity index (χ0n) is 17.3. The molecule has 0 bridgehead atoms. The van der Waals surface area contributed by atoms with Crippen LogP contribution < -0.4 is 5.11 Å². The molecule has 0 saturated carbocycles. The standard InChI is InChI=1S/C22H19Cl2F3N2O3/c1-12-17(11-32-21(2,3)20(30)31)28-29(18-9-8-15(23)10-16(18)24)19(12)13-4-6-14(7-5-13)22(25,26)27/h4-10H,11H2,1-3H3,(H,30,31)/p-1. The Morgan fingerprint density at radius 1 is 1.12 bits per heavy atom. The van der Waals surface area contributed by atoms with Crippen LogP contribution in [0.25, 0.3) is 16.9 Å². The van der Waals surface area contributed by atoms with Gasteiger partial charge in [0.2, 0.25) is 0 Å². The number of aliphatic carboxylic acids is 1. The molecule has 170 valence electrons. The Morgan fingerprint density at radius 2 is 1.75 bits per heavy atom. The number of nitrogens with zero attached hydrogens (tertiary/aromatic N) is 2. The molecule has 3 aromatic rings. The lowest BCUT2D eigenvalue weighted by molar-refractivity contribution is -0.325. The van der Waals surface area contributed by atoms with E-state index < -0.39 is 23.3 Å². The molecule has 0 N–H and O–H groups in total. The lowest BCUT2D eigenvalue weighted by Gasteiger charge is -2.25. The summed E-state index contributed by atoms with van der Waals surface area (Å²) in [6.45, 7) is 4.24. The van der Waals surface area contributed by atoms with Crippen LogP contribution in [0, 0.1) is 6.92 Å². The highest BCUT2D eigenvalue weighted by Gasteiger charge is 2.30. The Morgan fingerprint density at radius 3 is 2.28 bits per heavy atom. The maximum absolute atomic E-state index is 13.0. The van der Waals surface area contributed by atoms with Crippen molar-refractivity contribution < 1.29 is 27.8 Å². The van der Waals surface area contributed by atoms with Crippen LogP contribution in [0.1, 0.15) is 30.7 Å². The van der Waals surface area contributed by atoms with Crippen LogP contribution in [0.15, 0.2) is 42.5 Å². The number of carbonyl (C=O) groups excluding carboxylic acids is 1. The lowest BCUT2D eigenvalue weighted by Crippen LogP contribution is -2.45. The van der Waals surface area contributed by atoms with Crippen molar-refractivity contribution in [3.8, 4) is 16.9 Å². The number of carboxylic acid groups (broad SMARTS) is 1. The van der Waals surface area contributed by atoms with Crippen molar-refractivity contribution in [2.24, 2.45) is 0 Å². The molecule has 32 heavy (non-hydrogen) atoms. The number of hydrogen-bond acceptors (Lipinski definition) is 4. The molecule has 0 saturated heterocycles. The predicted octanol–water partition coefficient (Wildman–Crippen LogP) is 5.22. The Labute approximate surface area is 192 Å². The average Bonchev–Trinajstić information content (AvgIpc) is 3.02. The van der Waals surface area contributed by atoms with Crippen molar-refractivity contribution in [3.05, 3.63) is 69.3 Å². The molecule has 5 nitrogen and oxygen atoms in total. The molecule has 0 spiro atoms. The molecule has 1 heterocycles. The highest BCUT2D eigenvalue weighted by molar-refractivity contribution is 6.35. The molecule has 0 amide bonds. The quantitative estimate of drug-likeness (QED) is 0.480. The topological polar surface area (TPSA) is 67.2 Å². The molecule has 0 fully saturated rings. The van der Waals surface area contributed by atoms with E-state index in [-0.39, 0.29) is 11.6 Å². The molecule has 3 rings (SSSR count). The monoisotopic (exact) mass is 485 g/mol. The second kappa shape index (κ2) is 8.77. The van der Waals surface area contributed by atoms with Gasteiger partial charge in [0.1, 0.15) is 5.60 Å². The number of alkyl halides is 3. The molecule has 0 aliphatic rings. The third-order valence-electron chi connectivity index (χ3n) is 4.91. The van der Waals surface area contributed by atoms with Gasteiger partial charge in [-0.1, -0.05) is 35.3 Å². The number of hydrogen-bond donors (Lipinski definition) is 0. The molecular weight excluding hydrogens is 468 g/mol. The molecule has 10 heteroatoms. The minimum Gasteiger partial charge on any atom is -0.547 e. The molecule has 0 unspecified atom stereocenters. The predicted molar refractivity (Wildman–Crippen MR) is 113 cm³/mol. The Hall–Kier alpha value is -2.55. The van der Waals surface area contributed by atoms with Crippen LogP contribution in [0.2, 0.25) is 10.0 Å². The summed E-state index contributed by atoms with van der Waals surface area (Å²) in [5.41, 5.74) is 0.00785. The van der Waals surface area contributed by atoms with Crippen LogP contribution in [0.4, 0.5) is 13.2 Å². The van der Waals surface area contributed by atoms with E-state index in [0.29, 0.717) is 33.2 Å². The number of carboxylic acids is 1. The number of ether oxygens (including phenoxy) is 1. The minimum absolute atomic E-state index is 0.168. The first-order valence-corrected chi connectivity index (χ1v) is 10.1. The summed E-state index contributed by atoms with van der Waals surface area (Å²) < 4.78 is 45.9. The Kier molecular flexibility index (Phi) is 6.60. The van der Waals surface area contributed by atoms with Crippen molar-refractivity contribution in [2.75, 3.05) is 0 Å². The summed E-state index contributed by atoms with van der Waals surface area (Å²) in [6.07, 6.45) is -4.47. The van der Waals surface area contributed by atoms with Gasteiger partial charge in [0, 0.05) is 16.1 Å². The Bertz CT molecular complexity index is 1160. The summed E-state index contributed by atoms with van der Waals surface area (Å²) in [7, 11) is 0. The number of benzene rings is 2. The molecule has 0 radical (unpaired) electrons. The van der Waals surface area contributed by atoms with Gasteiger partial charge >= 0.3 is 6.18 Å². The van der Waals surface area contributed by atoms with Gasteiger partial charge in [-0.25, -0.2) is 4.68 Å². The van der Waals surface area contributed by atoms with Crippen molar-refractivity contribution >= 4 is 29.2 Å². The van der Waals surface area contributed by atoms with E-state index in [1.54, 1.807) is 19.1 Å². The minimum atomic E-state index is -4.47. The molecular formula is C22H18Cl2F3N2O3-. The van der Waals surface area contributed by atoms with Gasteiger partial charge in [-0.15, -0.1) is 0 Å². The first kappa shape index (κ1) is 24.1. The first-order valence-electron chi connectivity index (χ1n) is 9.38. The first-order chi connectivity index (χ1) is 14.8. The lowest BCUT2D eigenvalue weighted by atomic mass is 10.0. The summed E-state index contributed by atoms with van der Waals surface area (Å²) in [6, 6.07) is 9.37. The van der Waals surface area contributed by atoms with Crippen LogP contribution in [0.3, 0.4) is 0 Å². The van der Waals surface area contributed by atoms with Crippen LogP contribution in [0.5, 0.6) is 0 Å². The van der Waals surface area contributed by atoms with E-state index in [2.05, 4.69) is 5.10 Å². The largest absolute Gasteiger partial charge is 0.547 e. The molecule has 0 aliphatic heterocycles. The van der Waals surface area contributed by atoms with Crippen molar-refractivity contribution in [3.63, 3.8) is 0 Å². The van der Waals surface area contributed by atoms with Crippen LogP contribution >= 0.6 is 23.2 Å². The SMILES string of the molecule is Cc1c(COC(C)(C)C(=O)[O-])nn(-c2ccc(Cl)cc2Cl)c1-c1ccc(C(F)(F)F)cc1. The molecule has 1 aromatic heterocycles. The fourth-order valence-electron chi connectivity index (χ4n) is 2.97. The third kappa shape index (κ3) is 4.92. The maximum atomic E-state index is 13.0. The number of aromatic nitrogens is 2. The molecule has 0 aliphatic carbocycles. The fourth-order valence-corrected chi connectivity index (χ4v) is 3.46.